The topological polar surface area (TPSA) is 142 Å². The number of methoxy groups -OCH3 is 2. The molecule has 4 N–H and O–H groups in total. The molecule has 3 atom stereocenters. The Balaban J connectivity index is 1.52. The van der Waals surface area contributed by atoms with Gasteiger partial charge in [0.25, 0.3) is 5.91 Å². The molecule has 0 aromatic heterocycles. The summed E-state index contributed by atoms with van der Waals surface area (Å²) in [5, 5.41) is 18.3. The number of rotatable bonds is 9. The summed E-state index contributed by atoms with van der Waals surface area (Å²) in [7, 11) is 4.80. The minimum atomic E-state index is -0.495. The van der Waals surface area contributed by atoms with Crippen LogP contribution < -0.4 is 30.2 Å². The minimum Gasteiger partial charge on any atom is -0.497 e. The molecule has 0 fully saturated rings. The van der Waals surface area contributed by atoms with E-state index < -0.39 is 18.2 Å². The lowest BCUT2D eigenvalue weighted by atomic mass is 9.99. The number of fused-ring (bicyclic) bond motifs is 1. The molecule has 12 heteroatoms. The lowest BCUT2D eigenvalue weighted by Crippen LogP contribution is -2.50. The molecule has 0 saturated heterocycles. The molecule has 3 aromatic carbocycles. The van der Waals surface area contributed by atoms with Crippen LogP contribution in [0.1, 0.15) is 24.2 Å². The summed E-state index contributed by atoms with van der Waals surface area (Å²) in [6.07, 6.45) is -0.487. The van der Waals surface area contributed by atoms with Crippen LogP contribution in [-0.2, 0) is 0 Å². The first-order valence-electron chi connectivity index (χ1n) is 14.2. The monoisotopic (exact) mass is 605 g/mol. The van der Waals surface area contributed by atoms with Gasteiger partial charge in [0.15, 0.2) is 0 Å². The molecular formula is C32H39N5O7. The highest BCUT2D eigenvalue weighted by molar-refractivity contribution is 6.02. The third kappa shape index (κ3) is 7.90. The molecule has 234 valence electrons. The van der Waals surface area contributed by atoms with E-state index >= 15 is 0 Å². The summed E-state index contributed by atoms with van der Waals surface area (Å²) in [4.78, 5) is 42.6. The number of nitrogens with one attached hydrogen (secondary N) is 3. The number of benzene rings is 3. The van der Waals surface area contributed by atoms with Crippen molar-refractivity contribution in [2.75, 3.05) is 56.9 Å². The second-order valence-electron chi connectivity index (χ2n) is 10.7. The Bertz CT molecular complexity index is 1450. The van der Waals surface area contributed by atoms with Crippen LogP contribution >= 0.6 is 0 Å². The second kappa shape index (κ2) is 14.5. The first kappa shape index (κ1) is 32.0. The fourth-order valence-corrected chi connectivity index (χ4v) is 4.73. The molecule has 0 spiro atoms. The molecule has 1 aliphatic rings. The van der Waals surface area contributed by atoms with Gasteiger partial charge in [-0.1, -0.05) is 6.92 Å². The maximum absolute atomic E-state index is 13.7. The SMILES string of the molecule is COc1ccc(NC(=O)Nc2ccc3c(c2)C(=O)N([C@H](C)CO)C[C@H](C)[C@H](CN(C)C(=O)Nc2ccc(OC)cc2)O3)cc1. The van der Waals surface area contributed by atoms with Crippen molar-refractivity contribution in [2.24, 2.45) is 5.92 Å². The minimum absolute atomic E-state index is 0.189. The van der Waals surface area contributed by atoms with Crippen molar-refractivity contribution in [3.8, 4) is 17.2 Å². The van der Waals surface area contributed by atoms with Crippen molar-refractivity contribution < 1.29 is 33.7 Å². The Morgan fingerprint density at radius 1 is 0.955 bits per heavy atom. The van der Waals surface area contributed by atoms with Crippen molar-refractivity contribution in [3.05, 3.63) is 72.3 Å². The first-order chi connectivity index (χ1) is 21.1. The molecule has 0 unspecified atom stereocenters. The van der Waals surface area contributed by atoms with Crippen LogP contribution in [0.25, 0.3) is 0 Å². The summed E-state index contributed by atoms with van der Waals surface area (Å²) in [6, 6.07) is 17.4. The quantitative estimate of drug-likeness (QED) is 0.276. The molecule has 1 aliphatic heterocycles. The number of nitrogens with zero attached hydrogens (tertiary/aromatic N) is 2. The lowest BCUT2D eigenvalue weighted by Gasteiger charge is -2.38. The number of amides is 5. The molecule has 12 nitrogen and oxygen atoms in total. The maximum Gasteiger partial charge on any atom is 0.323 e. The maximum atomic E-state index is 13.7. The number of hydrogen-bond donors (Lipinski definition) is 4. The van der Waals surface area contributed by atoms with Gasteiger partial charge in [-0.15, -0.1) is 0 Å². The summed E-state index contributed by atoms with van der Waals surface area (Å²) < 4.78 is 16.7. The van der Waals surface area contributed by atoms with E-state index in [1.165, 1.54) is 4.90 Å². The average Bonchev–Trinajstić information content (AvgIpc) is 3.03. The molecule has 44 heavy (non-hydrogen) atoms. The molecule has 1 heterocycles. The third-order valence-corrected chi connectivity index (χ3v) is 7.41. The molecule has 0 saturated carbocycles. The zero-order valence-electron chi connectivity index (χ0n) is 25.5. The van der Waals surface area contributed by atoms with Crippen LogP contribution in [-0.4, -0.2) is 86.0 Å². The Morgan fingerprint density at radius 2 is 1.50 bits per heavy atom. The largest absolute Gasteiger partial charge is 0.497 e. The summed E-state index contributed by atoms with van der Waals surface area (Å²) in [5.74, 6) is 1.13. The Labute approximate surface area is 256 Å². The van der Waals surface area contributed by atoms with E-state index in [1.807, 2.05) is 6.92 Å². The van der Waals surface area contributed by atoms with E-state index in [1.54, 1.807) is 99.8 Å². The van der Waals surface area contributed by atoms with E-state index in [0.29, 0.717) is 34.3 Å². The van der Waals surface area contributed by atoms with Crippen LogP contribution in [0.4, 0.5) is 26.7 Å². The van der Waals surface area contributed by atoms with Crippen LogP contribution in [0.15, 0.2) is 66.7 Å². The predicted molar refractivity (Wildman–Crippen MR) is 168 cm³/mol. The van der Waals surface area contributed by atoms with Gasteiger partial charge < -0.3 is 45.1 Å². The van der Waals surface area contributed by atoms with Gasteiger partial charge in [-0.2, -0.15) is 0 Å². The fraction of sp³-hybridized carbons (Fsp3) is 0.344. The number of aliphatic hydroxyl groups is 1. The van der Waals surface area contributed by atoms with Gasteiger partial charge in [0.2, 0.25) is 0 Å². The van der Waals surface area contributed by atoms with E-state index in [0.717, 1.165) is 0 Å². The Hall–Kier alpha value is -4.97. The zero-order valence-corrected chi connectivity index (χ0v) is 25.5. The van der Waals surface area contributed by atoms with E-state index in [4.69, 9.17) is 14.2 Å². The van der Waals surface area contributed by atoms with Crippen LogP contribution in [0.5, 0.6) is 17.2 Å². The summed E-state index contributed by atoms with van der Waals surface area (Å²) in [5.41, 5.74) is 1.79. The van der Waals surface area contributed by atoms with Crippen LogP contribution in [0, 0.1) is 5.92 Å². The average molecular weight is 606 g/mol. The first-order valence-corrected chi connectivity index (χ1v) is 14.2. The molecule has 3 aromatic rings. The van der Waals surface area contributed by atoms with Crippen molar-refractivity contribution in [1.29, 1.82) is 0 Å². The van der Waals surface area contributed by atoms with E-state index in [9.17, 15) is 19.5 Å². The molecule has 0 radical (unpaired) electrons. The number of carbonyl (C=O) groups is 3. The summed E-state index contributed by atoms with van der Waals surface area (Å²) >= 11 is 0. The standard InChI is InChI=1S/C32H39N5O7/c1-20-17-37(21(2)19-38)30(39)27-16-24(34-31(40)33-22-6-11-25(42-4)12-7-22)10-15-28(27)44-29(20)18-36(3)32(41)35-23-8-13-26(43-5)14-9-23/h6-16,20-21,29,38H,17-19H2,1-5H3,(H,35,41)(H2,33,34,40)/t20-,21+,29-/m0/s1. The van der Waals surface area contributed by atoms with Crippen molar-refractivity contribution in [2.45, 2.75) is 26.0 Å². The molecule has 0 bridgehead atoms. The molecule has 5 amide bonds. The predicted octanol–water partition coefficient (Wildman–Crippen LogP) is 4.73. The highest BCUT2D eigenvalue weighted by Crippen LogP contribution is 2.31. The normalized spacial score (nSPS) is 16.8. The molecule has 4 rings (SSSR count). The van der Waals surface area contributed by atoms with Crippen molar-refractivity contribution in [3.63, 3.8) is 0 Å². The number of urea groups is 2. The molecular weight excluding hydrogens is 566 g/mol. The van der Waals surface area contributed by atoms with Gasteiger partial charge in [0.1, 0.15) is 23.4 Å². The number of aliphatic hydroxyl groups excluding tert-OH is 1. The number of hydrogen-bond acceptors (Lipinski definition) is 7. The Kier molecular flexibility index (Phi) is 10.5. The van der Waals surface area contributed by atoms with E-state index in [-0.39, 0.29) is 43.1 Å². The highest BCUT2D eigenvalue weighted by Gasteiger charge is 2.34. The van der Waals surface area contributed by atoms with Gasteiger partial charge in [0.05, 0.1) is 39.0 Å². The van der Waals surface area contributed by atoms with Gasteiger partial charge in [-0.3, -0.25) is 4.79 Å². The number of anilines is 3. The number of likely N-dealkylation sites (N-methyl/N-ethyl adjacent to an activating group) is 1. The van der Waals surface area contributed by atoms with Gasteiger partial charge in [-0.05, 0) is 73.7 Å². The summed E-state index contributed by atoms with van der Waals surface area (Å²) in [6.45, 7) is 3.98. The molecule has 0 aliphatic carbocycles. The smallest absolute Gasteiger partial charge is 0.323 e. The van der Waals surface area contributed by atoms with Crippen LogP contribution in [0.3, 0.4) is 0 Å². The number of carbonyl (C=O) groups excluding carboxylic acids is 3. The van der Waals surface area contributed by atoms with E-state index in [2.05, 4.69) is 16.0 Å². The fourth-order valence-electron chi connectivity index (χ4n) is 4.73. The van der Waals surface area contributed by atoms with Crippen LogP contribution in [0.2, 0.25) is 0 Å². The zero-order chi connectivity index (χ0) is 31.8. The Morgan fingerprint density at radius 3 is 2.07 bits per heavy atom. The second-order valence-corrected chi connectivity index (χ2v) is 10.7. The highest BCUT2D eigenvalue weighted by atomic mass is 16.5. The number of ether oxygens (including phenoxy) is 3. The van der Waals surface area contributed by atoms with Crippen molar-refractivity contribution in [1.82, 2.24) is 9.80 Å². The van der Waals surface area contributed by atoms with Gasteiger partial charge in [0, 0.05) is 36.6 Å². The van der Waals surface area contributed by atoms with Crippen molar-refractivity contribution >= 4 is 35.0 Å². The third-order valence-electron chi connectivity index (χ3n) is 7.41. The lowest BCUT2D eigenvalue weighted by molar-refractivity contribution is 0.0371. The van der Waals surface area contributed by atoms with Gasteiger partial charge >= 0.3 is 12.1 Å². The van der Waals surface area contributed by atoms with Gasteiger partial charge in [-0.25, -0.2) is 9.59 Å².